The van der Waals surface area contributed by atoms with E-state index in [0.717, 1.165) is 16.3 Å². The Morgan fingerprint density at radius 2 is 1.55 bits per heavy atom. The number of hydrogen-bond acceptors (Lipinski definition) is 4. The van der Waals surface area contributed by atoms with Crippen LogP contribution < -0.4 is 10.6 Å². The van der Waals surface area contributed by atoms with E-state index in [1.165, 1.54) is 0 Å². The number of nitrogens with one attached hydrogen (secondary N) is 2. The Morgan fingerprint density at radius 1 is 0.871 bits per heavy atom. The van der Waals surface area contributed by atoms with Crippen molar-refractivity contribution in [3.63, 3.8) is 0 Å². The molecule has 0 aromatic heterocycles. The van der Waals surface area contributed by atoms with Crippen LogP contribution in [0.15, 0.2) is 66.7 Å². The molecular formula is C25H26N2O4. The zero-order valence-corrected chi connectivity index (χ0v) is 17.9. The molecule has 31 heavy (non-hydrogen) atoms. The monoisotopic (exact) mass is 418 g/mol. The van der Waals surface area contributed by atoms with Gasteiger partial charge in [-0.2, -0.15) is 0 Å². The van der Waals surface area contributed by atoms with Gasteiger partial charge in [0.2, 0.25) is 0 Å². The molecule has 3 aromatic carbocycles. The summed E-state index contributed by atoms with van der Waals surface area (Å²) in [6, 6.07) is 20.5. The van der Waals surface area contributed by atoms with Crippen molar-refractivity contribution < 1.29 is 19.1 Å². The van der Waals surface area contributed by atoms with Crippen molar-refractivity contribution in [3.8, 4) is 0 Å². The van der Waals surface area contributed by atoms with Crippen molar-refractivity contribution >= 4 is 34.2 Å². The molecule has 0 aliphatic rings. The molecule has 0 spiro atoms. The maximum atomic E-state index is 12.2. The zero-order valence-electron chi connectivity index (χ0n) is 17.9. The van der Waals surface area contributed by atoms with Crippen LogP contribution in [0.5, 0.6) is 0 Å². The molecule has 0 saturated heterocycles. The number of anilines is 1. The second kappa shape index (κ2) is 9.43. The fraction of sp³-hybridized carbons (Fsp3) is 0.240. The van der Waals surface area contributed by atoms with Gasteiger partial charge in [-0.25, -0.2) is 0 Å². The molecule has 0 atom stereocenters. The number of carbonyl (C=O) groups is 3. The molecule has 6 heteroatoms. The molecule has 0 radical (unpaired) electrons. The van der Waals surface area contributed by atoms with Crippen molar-refractivity contribution in [2.75, 3.05) is 18.5 Å². The average molecular weight is 418 g/mol. The smallest absolute Gasteiger partial charge is 0.325 e. The molecule has 0 aliphatic carbocycles. The first-order valence-electron chi connectivity index (χ1n) is 10.1. The highest BCUT2D eigenvalue weighted by Gasteiger charge is 2.15. The highest BCUT2D eigenvalue weighted by Crippen LogP contribution is 2.23. The molecular weight excluding hydrogens is 392 g/mol. The molecule has 3 rings (SSSR count). The first-order valence-corrected chi connectivity index (χ1v) is 10.1. The van der Waals surface area contributed by atoms with E-state index >= 15 is 0 Å². The summed E-state index contributed by atoms with van der Waals surface area (Å²) in [7, 11) is 0. The lowest BCUT2D eigenvalue weighted by Crippen LogP contribution is -2.32. The Bertz CT molecular complexity index is 1090. The largest absolute Gasteiger partial charge is 0.454 e. The fourth-order valence-electron chi connectivity index (χ4n) is 3.09. The number of amides is 2. The lowest BCUT2D eigenvalue weighted by atomic mass is 9.87. The Morgan fingerprint density at radius 3 is 2.26 bits per heavy atom. The highest BCUT2D eigenvalue weighted by atomic mass is 16.5. The van der Waals surface area contributed by atoms with Gasteiger partial charge in [0.05, 0.1) is 0 Å². The maximum Gasteiger partial charge on any atom is 0.325 e. The van der Waals surface area contributed by atoms with Gasteiger partial charge < -0.3 is 15.4 Å². The predicted molar refractivity (Wildman–Crippen MR) is 121 cm³/mol. The lowest BCUT2D eigenvalue weighted by Gasteiger charge is -2.19. The van der Waals surface area contributed by atoms with Crippen molar-refractivity contribution in [2.24, 2.45) is 0 Å². The van der Waals surface area contributed by atoms with Crippen molar-refractivity contribution in [3.05, 3.63) is 77.9 Å². The molecule has 3 aromatic rings. The number of carbonyl (C=O) groups excluding carboxylic acids is 3. The van der Waals surface area contributed by atoms with Gasteiger partial charge in [0.15, 0.2) is 6.61 Å². The molecule has 6 nitrogen and oxygen atoms in total. The molecule has 0 heterocycles. The van der Waals surface area contributed by atoms with Crippen LogP contribution >= 0.6 is 0 Å². The van der Waals surface area contributed by atoms with Gasteiger partial charge in [0, 0.05) is 16.6 Å². The summed E-state index contributed by atoms with van der Waals surface area (Å²) in [4.78, 5) is 36.3. The molecule has 0 fully saturated rings. The van der Waals surface area contributed by atoms with E-state index in [-0.39, 0.29) is 17.9 Å². The minimum absolute atomic E-state index is 0.00851. The highest BCUT2D eigenvalue weighted by molar-refractivity contribution is 6.03. The predicted octanol–water partition coefficient (Wildman–Crippen LogP) is 4.05. The van der Waals surface area contributed by atoms with E-state index in [1.807, 2.05) is 48.5 Å². The number of rotatable bonds is 6. The SMILES string of the molecule is CC(C)(C)c1ccc(C(=O)NCC(=O)OCC(=O)Nc2cccc3ccccc23)cc1. The number of fused-ring (bicyclic) bond motifs is 1. The van der Waals surface area contributed by atoms with E-state index in [4.69, 9.17) is 4.74 Å². The van der Waals surface area contributed by atoms with E-state index in [2.05, 4.69) is 31.4 Å². The number of esters is 1. The first-order chi connectivity index (χ1) is 14.7. The summed E-state index contributed by atoms with van der Waals surface area (Å²) < 4.78 is 4.97. The van der Waals surface area contributed by atoms with Gasteiger partial charge in [-0.1, -0.05) is 69.3 Å². The number of hydrogen-bond donors (Lipinski definition) is 2. The van der Waals surface area contributed by atoms with Crippen molar-refractivity contribution in [1.29, 1.82) is 0 Å². The van der Waals surface area contributed by atoms with Crippen molar-refractivity contribution in [2.45, 2.75) is 26.2 Å². The summed E-state index contributed by atoms with van der Waals surface area (Å²) in [6.45, 7) is 5.52. The maximum absolute atomic E-state index is 12.2. The van der Waals surface area contributed by atoms with Crippen LogP contribution in [-0.2, 0) is 19.7 Å². The number of ether oxygens (including phenoxy) is 1. The van der Waals surface area contributed by atoms with Crippen LogP contribution in [0, 0.1) is 0 Å². The zero-order chi connectivity index (χ0) is 22.4. The van der Waals surface area contributed by atoms with E-state index in [0.29, 0.717) is 11.3 Å². The van der Waals surface area contributed by atoms with Gasteiger partial charge in [0.1, 0.15) is 6.54 Å². The van der Waals surface area contributed by atoms with Crippen LogP contribution in [0.25, 0.3) is 10.8 Å². The summed E-state index contributed by atoms with van der Waals surface area (Å²) in [5.41, 5.74) is 2.20. The molecule has 0 unspecified atom stereocenters. The third kappa shape index (κ3) is 5.92. The van der Waals surface area contributed by atoms with Crippen LogP contribution in [0.2, 0.25) is 0 Å². The minimum Gasteiger partial charge on any atom is -0.454 e. The topological polar surface area (TPSA) is 84.5 Å². The normalized spacial score (nSPS) is 11.1. The Labute approximate surface area is 181 Å². The lowest BCUT2D eigenvalue weighted by molar-refractivity contribution is -0.146. The van der Waals surface area contributed by atoms with Gasteiger partial charge in [-0.05, 0) is 34.6 Å². The summed E-state index contributed by atoms with van der Waals surface area (Å²) >= 11 is 0. The second-order valence-electron chi connectivity index (χ2n) is 8.25. The standard InChI is InChI=1S/C25H26N2O4/c1-25(2,3)19-13-11-18(12-14-19)24(30)26-15-23(29)31-16-22(28)27-21-10-6-8-17-7-4-5-9-20(17)21/h4-14H,15-16H2,1-3H3,(H,26,30)(H,27,28). The molecule has 2 amide bonds. The van der Waals surface area contributed by atoms with Gasteiger partial charge in [-0.15, -0.1) is 0 Å². The molecule has 0 aliphatic heterocycles. The Kier molecular flexibility index (Phi) is 6.70. The van der Waals surface area contributed by atoms with Gasteiger partial charge in [-0.3, -0.25) is 14.4 Å². The Hall–Kier alpha value is -3.67. The van der Waals surface area contributed by atoms with Crippen molar-refractivity contribution in [1.82, 2.24) is 5.32 Å². The Balaban J connectivity index is 1.46. The molecule has 2 N–H and O–H groups in total. The first kappa shape index (κ1) is 22.0. The summed E-state index contributed by atoms with van der Waals surface area (Å²) in [5, 5.41) is 7.15. The van der Waals surface area contributed by atoms with Crippen LogP contribution in [0.3, 0.4) is 0 Å². The fourth-order valence-corrected chi connectivity index (χ4v) is 3.09. The van der Waals surface area contributed by atoms with Crippen LogP contribution in [0.1, 0.15) is 36.7 Å². The molecule has 0 saturated carbocycles. The third-order valence-electron chi connectivity index (χ3n) is 4.83. The minimum atomic E-state index is -0.687. The van der Waals surface area contributed by atoms with E-state index < -0.39 is 18.5 Å². The van der Waals surface area contributed by atoms with E-state index in [1.54, 1.807) is 18.2 Å². The number of benzene rings is 3. The average Bonchev–Trinajstić information content (AvgIpc) is 2.76. The molecule has 0 bridgehead atoms. The van der Waals surface area contributed by atoms with E-state index in [9.17, 15) is 14.4 Å². The molecule has 160 valence electrons. The summed E-state index contributed by atoms with van der Waals surface area (Å²) in [5.74, 6) is -1.51. The van der Waals surface area contributed by atoms with Gasteiger partial charge >= 0.3 is 5.97 Å². The third-order valence-corrected chi connectivity index (χ3v) is 4.83. The summed E-state index contributed by atoms with van der Waals surface area (Å²) in [6.07, 6.45) is 0. The van der Waals surface area contributed by atoms with Gasteiger partial charge in [0.25, 0.3) is 11.8 Å². The quantitative estimate of drug-likeness (QED) is 0.592. The van der Waals surface area contributed by atoms with Crippen LogP contribution in [-0.4, -0.2) is 30.9 Å². The second-order valence-corrected chi connectivity index (χ2v) is 8.25. The van der Waals surface area contributed by atoms with Crippen LogP contribution in [0.4, 0.5) is 5.69 Å².